The van der Waals surface area contributed by atoms with Crippen LogP contribution < -0.4 is 5.32 Å². The molecular weight excluding hydrogens is 257 g/mol. The molecule has 1 aromatic carbocycles. The van der Waals surface area contributed by atoms with Crippen molar-refractivity contribution in [1.29, 1.82) is 0 Å². The van der Waals surface area contributed by atoms with E-state index in [4.69, 9.17) is 0 Å². The van der Waals surface area contributed by atoms with Crippen LogP contribution in [0.4, 0.5) is 10.2 Å². The van der Waals surface area contributed by atoms with E-state index < -0.39 is 0 Å². The van der Waals surface area contributed by atoms with Crippen LogP contribution in [-0.2, 0) is 0 Å². The average molecular weight is 267 g/mol. The van der Waals surface area contributed by atoms with Crippen LogP contribution in [0, 0.1) is 5.82 Å². The summed E-state index contributed by atoms with van der Waals surface area (Å²) in [7, 11) is 0. The van der Waals surface area contributed by atoms with E-state index in [9.17, 15) is 9.18 Å². The number of amides is 1. The van der Waals surface area contributed by atoms with Gasteiger partial charge in [0.05, 0.1) is 11.1 Å². The molecule has 0 spiro atoms. The van der Waals surface area contributed by atoms with E-state index in [0.717, 1.165) is 0 Å². The van der Waals surface area contributed by atoms with Crippen molar-refractivity contribution < 1.29 is 9.18 Å². The third-order valence-electron chi connectivity index (χ3n) is 2.81. The third-order valence-corrected chi connectivity index (χ3v) is 2.81. The number of halogens is 1. The first-order chi connectivity index (χ1) is 9.72. The second-order valence-corrected chi connectivity index (χ2v) is 4.23. The zero-order valence-corrected chi connectivity index (χ0v) is 10.4. The molecule has 3 rings (SSSR count). The highest BCUT2D eigenvalue weighted by Crippen LogP contribution is 2.15. The summed E-state index contributed by atoms with van der Waals surface area (Å²) in [6.07, 6.45) is 3.04. The van der Waals surface area contributed by atoms with Crippen LogP contribution in [-0.4, -0.2) is 15.9 Å². The fourth-order valence-corrected chi connectivity index (χ4v) is 1.85. The van der Waals surface area contributed by atoms with Gasteiger partial charge in [-0.25, -0.2) is 9.37 Å². The molecule has 3 aromatic rings. The van der Waals surface area contributed by atoms with Crippen molar-refractivity contribution in [3.8, 4) is 0 Å². The van der Waals surface area contributed by atoms with Crippen LogP contribution in [0.15, 0.2) is 54.9 Å². The Balaban J connectivity index is 1.91. The Hall–Kier alpha value is -2.82. The van der Waals surface area contributed by atoms with E-state index in [2.05, 4.69) is 15.3 Å². The zero-order chi connectivity index (χ0) is 13.9. The smallest absolute Gasteiger partial charge is 0.258 e. The number of anilines is 1. The van der Waals surface area contributed by atoms with Gasteiger partial charge in [-0.3, -0.25) is 9.78 Å². The summed E-state index contributed by atoms with van der Waals surface area (Å²) in [5.74, 6) is -0.235. The van der Waals surface area contributed by atoms with Crippen LogP contribution in [0.2, 0.25) is 0 Å². The van der Waals surface area contributed by atoms with Gasteiger partial charge in [-0.1, -0.05) is 6.07 Å². The molecule has 0 saturated heterocycles. The van der Waals surface area contributed by atoms with Gasteiger partial charge >= 0.3 is 0 Å². The molecule has 0 bridgehead atoms. The number of nitrogens with one attached hydrogen (secondary N) is 1. The Morgan fingerprint density at radius 1 is 1.10 bits per heavy atom. The van der Waals surface area contributed by atoms with E-state index >= 15 is 0 Å². The zero-order valence-electron chi connectivity index (χ0n) is 10.4. The minimum atomic E-state index is -0.360. The number of pyridine rings is 2. The highest BCUT2D eigenvalue weighted by Gasteiger charge is 2.08. The van der Waals surface area contributed by atoms with Crippen LogP contribution in [0.3, 0.4) is 0 Å². The second-order valence-electron chi connectivity index (χ2n) is 4.23. The topological polar surface area (TPSA) is 54.9 Å². The Labute approximate surface area is 114 Å². The van der Waals surface area contributed by atoms with Gasteiger partial charge in [-0.05, 0) is 36.4 Å². The fourth-order valence-electron chi connectivity index (χ4n) is 1.85. The molecule has 0 fully saturated rings. The van der Waals surface area contributed by atoms with Crippen molar-refractivity contribution in [3.05, 3.63) is 66.2 Å². The molecule has 0 aliphatic rings. The number of hydrogen-bond acceptors (Lipinski definition) is 3. The van der Waals surface area contributed by atoms with E-state index in [0.29, 0.717) is 22.3 Å². The predicted molar refractivity (Wildman–Crippen MR) is 73.9 cm³/mol. The number of benzene rings is 1. The van der Waals surface area contributed by atoms with E-state index in [-0.39, 0.29) is 11.7 Å². The molecule has 2 heterocycles. The summed E-state index contributed by atoms with van der Waals surface area (Å²) < 4.78 is 13.2. The van der Waals surface area contributed by atoms with E-state index in [1.54, 1.807) is 36.5 Å². The summed E-state index contributed by atoms with van der Waals surface area (Å²) in [5, 5.41) is 3.24. The lowest BCUT2D eigenvalue weighted by Gasteiger charge is -2.05. The van der Waals surface area contributed by atoms with Crippen molar-refractivity contribution in [2.45, 2.75) is 0 Å². The summed E-state index contributed by atoms with van der Waals surface area (Å²) >= 11 is 0. The Morgan fingerprint density at radius 2 is 2.00 bits per heavy atom. The first-order valence-electron chi connectivity index (χ1n) is 6.00. The molecule has 5 heteroatoms. The van der Waals surface area contributed by atoms with Gasteiger partial charge in [-0.15, -0.1) is 0 Å². The molecule has 20 heavy (non-hydrogen) atoms. The van der Waals surface area contributed by atoms with Crippen LogP contribution in [0.25, 0.3) is 10.9 Å². The largest absolute Gasteiger partial charge is 0.307 e. The molecular formula is C15H10FN3O. The van der Waals surface area contributed by atoms with Crippen LogP contribution in [0.1, 0.15) is 10.4 Å². The lowest BCUT2D eigenvalue weighted by atomic mass is 10.1. The number of fused-ring (bicyclic) bond motifs is 1. The average Bonchev–Trinajstić information content (AvgIpc) is 2.47. The van der Waals surface area contributed by atoms with Gasteiger partial charge in [0.25, 0.3) is 5.91 Å². The lowest BCUT2D eigenvalue weighted by Crippen LogP contribution is -2.13. The summed E-state index contributed by atoms with van der Waals surface area (Å²) in [6, 6.07) is 11.1. The fraction of sp³-hybridized carbons (Fsp3) is 0. The normalized spacial score (nSPS) is 10.4. The van der Waals surface area contributed by atoms with Gasteiger partial charge < -0.3 is 5.32 Å². The Kier molecular flexibility index (Phi) is 3.09. The summed E-state index contributed by atoms with van der Waals surface area (Å²) in [5.41, 5.74) is 0.995. The maximum atomic E-state index is 13.2. The van der Waals surface area contributed by atoms with Crippen LogP contribution >= 0.6 is 0 Å². The number of rotatable bonds is 2. The monoisotopic (exact) mass is 267 g/mol. The molecule has 1 N–H and O–H groups in total. The number of nitrogens with zero attached hydrogens (tertiary/aromatic N) is 2. The van der Waals surface area contributed by atoms with Gasteiger partial charge in [-0.2, -0.15) is 0 Å². The number of carbonyl (C=O) groups is 1. The molecule has 0 saturated carbocycles. The molecule has 0 radical (unpaired) electrons. The molecule has 0 aliphatic carbocycles. The predicted octanol–water partition coefficient (Wildman–Crippen LogP) is 3.02. The standard InChI is InChI=1S/C15H10FN3O/c16-12-4-5-13-10(8-12)7-11(9-18-13)15(20)19-14-3-1-2-6-17-14/h1-9H,(H,17,19,20). The Bertz CT molecular complexity index is 774. The first-order valence-corrected chi connectivity index (χ1v) is 6.00. The van der Waals surface area contributed by atoms with Crippen LogP contribution in [0.5, 0.6) is 0 Å². The minimum absolute atomic E-state index is 0.331. The van der Waals surface area contributed by atoms with Crippen molar-refractivity contribution >= 4 is 22.6 Å². The number of carbonyl (C=O) groups excluding carboxylic acids is 1. The van der Waals surface area contributed by atoms with Gasteiger partial charge in [0.15, 0.2) is 0 Å². The lowest BCUT2D eigenvalue weighted by molar-refractivity contribution is 0.102. The van der Waals surface area contributed by atoms with Gasteiger partial charge in [0, 0.05) is 17.8 Å². The highest BCUT2D eigenvalue weighted by atomic mass is 19.1. The first kappa shape index (κ1) is 12.2. The molecule has 0 atom stereocenters. The van der Waals surface area contributed by atoms with Crippen molar-refractivity contribution in [2.75, 3.05) is 5.32 Å². The second kappa shape index (κ2) is 5.05. The van der Waals surface area contributed by atoms with E-state index in [1.165, 1.54) is 18.3 Å². The molecule has 2 aromatic heterocycles. The van der Waals surface area contributed by atoms with Crippen molar-refractivity contribution in [2.24, 2.45) is 0 Å². The quantitative estimate of drug-likeness (QED) is 0.776. The molecule has 1 amide bonds. The Morgan fingerprint density at radius 3 is 2.80 bits per heavy atom. The molecule has 0 unspecified atom stereocenters. The summed E-state index contributed by atoms with van der Waals surface area (Å²) in [4.78, 5) is 20.2. The molecule has 98 valence electrons. The number of aromatic nitrogens is 2. The highest BCUT2D eigenvalue weighted by molar-refractivity contribution is 6.05. The van der Waals surface area contributed by atoms with Gasteiger partial charge in [0.1, 0.15) is 11.6 Å². The minimum Gasteiger partial charge on any atom is -0.307 e. The van der Waals surface area contributed by atoms with Crippen molar-refractivity contribution in [1.82, 2.24) is 9.97 Å². The van der Waals surface area contributed by atoms with E-state index in [1.807, 2.05) is 0 Å². The van der Waals surface area contributed by atoms with Gasteiger partial charge in [0.2, 0.25) is 0 Å². The van der Waals surface area contributed by atoms with Crippen molar-refractivity contribution in [3.63, 3.8) is 0 Å². The molecule has 4 nitrogen and oxygen atoms in total. The SMILES string of the molecule is O=C(Nc1ccccn1)c1cnc2ccc(F)cc2c1. The third kappa shape index (κ3) is 2.47. The maximum absolute atomic E-state index is 13.2. The summed E-state index contributed by atoms with van der Waals surface area (Å²) in [6.45, 7) is 0. The molecule has 0 aliphatic heterocycles. The number of hydrogen-bond donors (Lipinski definition) is 1. The maximum Gasteiger partial charge on any atom is 0.258 e.